The molecule has 1 heterocycles. The maximum Gasteiger partial charge on any atom is 0.133 e. The fraction of sp³-hybridized carbons (Fsp3) is 0.0714. The van der Waals surface area contributed by atoms with Crippen molar-refractivity contribution in [3.05, 3.63) is 59.6 Å². The molecular weight excluding hydrogens is 251 g/mol. The number of halogens is 2. The second kappa shape index (κ2) is 5.19. The molecule has 0 unspecified atom stereocenters. The van der Waals surface area contributed by atoms with E-state index in [9.17, 15) is 4.39 Å². The van der Waals surface area contributed by atoms with Gasteiger partial charge in [0, 0.05) is 11.8 Å². The quantitative estimate of drug-likeness (QED) is 0.834. The molecule has 0 saturated heterocycles. The van der Waals surface area contributed by atoms with E-state index >= 15 is 0 Å². The molecule has 1 aromatic heterocycles. The van der Waals surface area contributed by atoms with E-state index < -0.39 is 0 Å². The summed E-state index contributed by atoms with van der Waals surface area (Å²) in [6.07, 6.45) is 1.67. The molecule has 1 N–H and O–H groups in total. The highest BCUT2D eigenvalue weighted by Crippen LogP contribution is 2.24. The van der Waals surface area contributed by atoms with Crippen molar-refractivity contribution < 1.29 is 4.39 Å². The van der Waals surface area contributed by atoms with Gasteiger partial charge < -0.3 is 5.32 Å². The van der Waals surface area contributed by atoms with Crippen molar-refractivity contribution in [2.24, 2.45) is 0 Å². The summed E-state index contributed by atoms with van der Waals surface area (Å²) in [6, 6.07) is 8.32. The van der Waals surface area contributed by atoms with Crippen LogP contribution in [0.25, 0.3) is 11.1 Å². The molecule has 92 valence electrons. The van der Waals surface area contributed by atoms with Gasteiger partial charge in [-0.05, 0) is 36.2 Å². The zero-order valence-corrected chi connectivity index (χ0v) is 10.6. The molecular formula is C14H12ClFN2. The van der Waals surface area contributed by atoms with Crippen LogP contribution < -0.4 is 5.32 Å². The standard InChI is InChI=1S/C14H12ClFN2/c1-9-6-12(8-17-14(9)18-10(2)15)11-4-3-5-13(16)7-11/h3-8H,2H2,1H3,(H,17,18). The van der Waals surface area contributed by atoms with E-state index in [0.29, 0.717) is 11.0 Å². The SMILES string of the molecule is C=C(Cl)Nc1ncc(-c2cccc(F)c2)cc1C. The molecule has 0 saturated carbocycles. The van der Waals surface area contributed by atoms with Crippen LogP contribution in [0.15, 0.2) is 48.3 Å². The molecule has 0 amide bonds. The molecule has 0 aliphatic carbocycles. The number of nitrogens with one attached hydrogen (secondary N) is 1. The maximum atomic E-state index is 13.1. The molecule has 2 rings (SSSR count). The van der Waals surface area contributed by atoms with Gasteiger partial charge in [0.2, 0.25) is 0 Å². The predicted octanol–water partition coefficient (Wildman–Crippen LogP) is 4.32. The first-order valence-corrected chi connectivity index (χ1v) is 5.78. The average Bonchev–Trinajstić information content (AvgIpc) is 2.31. The van der Waals surface area contributed by atoms with E-state index in [0.717, 1.165) is 16.7 Å². The van der Waals surface area contributed by atoms with Gasteiger partial charge in [-0.2, -0.15) is 0 Å². The Balaban J connectivity index is 2.37. The van der Waals surface area contributed by atoms with Gasteiger partial charge in [0.1, 0.15) is 16.8 Å². The molecule has 0 radical (unpaired) electrons. The highest BCUT2D eigenvalue weighted by Gasteiger charge is 2.04. The van der Waals surface area contributed by atoms with Crippen LogP contribution >= 0.6 is 11.6 Å². The number of nitrogens with zero attached hydrogens (tertiary/aromatic N) is 1. The fourth-order valence-electron chi connectivity index (χ4n) is 1.66. The summed E-state index contributed by atoms with van der Waals surface area (Å²) in [5.74, 6) is 0.386. The molecule has 0 aliphatic heterocycles. The average molecular weight is 263 g/mol. The van der Waals surface area contributed by atoms with E-state index in [1.54, 1.807) is 12.3 Å². The first kappa shape index (κ1) is 12.6. The molecule has 2 aromatic rings. The van der Waals surface area contributed by atoms with Crippen molar-refractivity contribution in [2.45, 2.75) is 6.92 Å². The second-order valence-electron chi connectivity index (χ2n) is 3.93. The van der Waals surface area contributed by atoms with Crippen LogP contribution in [0.2, 0.25) is 0 Å². The lowest BCUT2D eigenvalue weighted by Gasteiger charge is -2.09. The summed E-state index contributed by atoms with van der Waals surface area (Å²) in [4.78, 5) is 4.25. The Hall–Kier alpha value is -1.87. The van der Waals surface area contributed by atoms with Gasteiger partial charge in [-0.3, -0.25) is 0 Å². The molecule has 0 aliphatic rings. The Morgan fingerprint density at radius 1 is 1.33 bits per heavy atom. The topological polar surface area (TPSA) is 24.9 Å². The lowest BCUT2D eigenvalue weighted by atomic mass is 10.1. The minimum atomic E-state index is -0.263. The minimum absolute atomic E-state index is 0.263. The van der Waals surface area contributed by atoms with Gasteiger partial charge in [0.25, 0.3) is 0 Å². The number of rotatable bonds is 3. The maximum absolute atomic E-state index is 13.1. The first-order valence-electron chi connectivity index (χ1n) is 5.40. The number of benzene rings is 1. The molecule has 18 heavy (non-hydrogen) atoms. The normalized spacial score (nSPS) is 10.2. The van der Waals surface area contributed by atoms with Crippen LogP contribution in [0.1, 0.15) is 5.56 Å². The van der Waals surface area contributed by atoms with Crippen LogP contribution in [0, 0.1) is 12.7 Å². The monoisotopic (exact) mass is 262 g/mol. The van der Waals surface area contributed by atoms with Gasteiger partial charge in [0.05, 0.1) is 0 Å². The Labute approximate surface area is 110 Å². The van der Waals surface area contributed by atoms with Gasteiger partial charge in [-0.1, -0.05) is 30.3 Å². The molecule has 0 atom stereocenters. The minimum Gasteiger partial charge on any atom is -0.331 e. The van der Waals surface area contributed by atoms with Crippen LogP contribution in [0.5, 0.6) is 0 Å². The predicted molar refractivity (Wildman–Crippen MR) is 73.0 cm³/mol. The van der Waals surface area contributed by atoms with Gasteiger partial charge >= 0.3 is 0 Å². The van der Waals surface area contributed by atoms with Crippen molar-refractivity contribution in [2.75, 3.05) is 5.32 Å². The number of aryl methyl sites for hydroxylation is 1. The van der Waals surface area contributed by atoms with Crippen molar-refractivity contribution in [1.82, 2.24) is 4.98 Å². The van der Waals surface area contributed by atoms with E-state index in [1.165, 1.54) is 12.1 Å². The number of aromatic nitrogens is 1. The van der Waals surface area contributed by atoms with Crippen LogP contribution in [-0.4, -0.2) is 4.98 Å². The highest BCUT2D eigenvalue weighted by atomic mass is 35.5. The van der Waals surface area contributed by atoms with Crippen molar-refractivity contribution in [3.8, 4) is 11.1 Å². The number of hydrogen-bond donors (Lipinski definition) is 1. The summed E-state index contributed by atoms with van der Waals surface area (Å²) in [5, 5.41) is 3.16. The lowest BCUT2D eigenvalue weighted by molar-refractivity contribution is 0.628. The molecule has 1 aromatic carbocycles. The number of hydrogen-bond acceptors (Lipinski definition) is 2. The number of anilines is 1. The zero-order valence-electron chi connectivity index (χ0n) is 9.87. The molecule has 0 spiro atoms. The third kappa shape index (κ3) is 2.87. The molecule has 0 bridgehead atoms. The van der Waals surface area contributed by atoms with Crippen LogP contribution in [0.3, 0.4) is 0 Å². The summed E-state index contributed by atoms with van der Waals surface area (Å²) < 4.78 is 13.1. The smallest absolute Gasteiger partial charge is 0.133 e. The third-order valence-corrected chi connectivity index (χ3v) is 2.58. The Morgan fingerprint density at radius 2 is 2.11 bits per heavy atom. The van der Waals surface area contributed by atoms with Crippen LogP contribution in [-0.2, 0) is 0 Å². The molecule has 0 fully saturated rings. The van der Waals surface area contributed by atoms with Gasteiger partial charge in [-0.15, -0.1) is 0 Å². The third-order valence-electron chi connectivity index (χ3n) is 2.49. The van der Waals surface area contributed by atoms with E-state index in [1.807, 2.05) is 19.1 Å². The second-order valence-corrected chi connectivity index (χ2v) is 4.39. The highest BCUT2D eigenvalue weighted by molar-refractivity contribution is 6.30. The van der Waals surface area contributed by atoms with Crippen LogP contribution in [0.4, 0.5) is 10.2 Å². The van der Waals surface area contributed by atoms with E-state index in [4.69, 9.17) is 11.6 Å². The largest absolute Gasteiger partial charge is 0.331 e. The fourth-order valence-corrected chi connectivity index (χ4v) is 1.75. The summed E-state index contributed by atoms with van der Waals surface area (Å²) in [5.41, 5.74) is 2.57. The van der Waals surface area contributed by atoms with Crippen molar-refractivity contribution >= 4 is 17.4 Å². The Bertz CT molecular complexity index is 596. The molecule has 2 nitrogen and oxygen atoms in total. The molecule has 4 heteroatoms. The lowest BCUT2D eigenvalue weighted by Crippen LogP contribution is -1.98. The summed E-state index contributed by atoms with van der Waals surface area (Å²) >= 11 is 5.67. The van der Waals surface area contributed by atoms with Crippen molar-refractivity contribution in [1.29, 1.82) is 0 Å². The Morgan fingerprint density at radius 3 is 2.72 bits per heavy atom. The summed E-state index contributed by atoms with van der Waals surface area (Å²) in [6.45, 7) is 5.45. The summed E-state index contributed by atoms with van der Waals surface area (Å²) in [7, 11) is 0. The first-order chi connectivity index (χ1) is 8.56. The number of pyridine rings is 1. The van der Waals surface area contributed by atoms with E-state index in [-0.39, 0.29) is 5.82 Å². The van der Waals surface area contributed by atoms with Crippen molar-refractivity contribution in [3.63, 3.8) is 0 Å². The van der Waals surface area contributed by atoms with E-state index in [2.05, 4.69) is 16.9 Å². The zero-order chi connectivity index (χ0) is 13.1. The Kier molecular flexibility index (Phi) is 3.63. The van der Waals surface area contributed by atoms with Gasteiger partial charge in [0.15, 0.2) is 0 Å². The van der Waals surface area contributed by atoms with Gasteiger partial charge in [-0.25, -0.2) is 9.37 Å².